The van der Waals surface area contributed by atoms with Gasteiger partial charge in [-0.3, -0.25) is 0 Å². The lowest BCUT2D eigenvalue weighted by Crippen LogP contribution is -2.10. The van der Waals surface area contributed by atoms with Gasteiger partial charge in [-0.25, -0.2) is 8.78 Å². The Hall–Kier alpha value is -1.00. The molecule has 0 bridgehead atoms. The van der Waals surface area contributed by atoms with E-state index in [1.165, 1.54) is 12.1 Å². The summed E-state index contributed by atoms with van der Waals surface area (Å²) in [4.78, 5) is 0. The van der Waals surface area contributed by atoms with E-state index in [-0.39, 0.29) is 18.5 Å². The number of nitrogens with two attached hydrogens (primary N) is 1. The molecule has 78 valence electrons. The molecule has 1 aromatic carbocycles. The zero-order chi connectivity index (χ0) is 10.7. The van der Waals surface area contributed by atoms with Gasteiger partial charge in [0, 0.05) is 0 Å². The summed E-state index contributed by atoms with van der Waals surface area (Å²) in [7, 11) is 0. The number of aliphatic hydroxyl groups excluding tert-OH is 1. The van der Waals surface area contributed by atoms with Gasteiger partial charge in [0.15, 0.2) is 0 Å². The third kappa shape index (κ3) is 2.27. The molecule has 1 rings (SSSR count). The van der Waals surface area contributed by atoms with Gasteiger partial charge < -0.3 is 10.8 Å². The van der Waals surface area contributed by atoms with Gasteiger partial charge in [0.25, 0.3) is 0 Å². The van der Waals surface area contributed by atoms with Gasteiger partial charge in [-0.1, -0.05) is 0 Å². The number of aryl methyl sites for hydroxylation is 1. The van der Waals surface area contributed by atoms with Crippen molar-refractivity contribution in [3.05, 3.63) is 34.9 Å². The Balaban J connectivity index is 3.07. The molecule has 3 N–H and O–H groups in total. The van der Waals surface area contributed by atoms with E-state index >= 15 is 0 Å². The Kier molecular flexibility index (Phi) is 3.55. The molecule has 0 fully saturated rings. The lowest BCUT2D eigenvalue weighted by molar-refractivity contribution is 0.160. The summed E-state index contributed by atoms with van der Waals surface area (Å²) in [5.41, 5.74) is 5.39. The molecule has 0 aliphatic rings. The van der Waals surface area contributed by atoms with Crippen LogP contribution in [0.5, 0.6) is 0 Å². The molecule has 14 heavy (non-hydrogen) atoms. The second kappa shape index (κ2) is 4.48. The summed E-state index contributed by atoms with van der Waals surface area (Å²) in [5, 5.41) is 9.41. The first-order valence-corrected chi connectivity index (χ1v) is 4.40. The number of rotatable bonds is 3. The Morgan fingerprint density at radius 1 is 1.36 bits per heavy atom. The smallest absolute Gasteiger partial charge is 0.132 e. The van der Waals surface area contributed by atoms with Crippen LogP contribution in [-0.4, -0.2) is 11.7 Å². The maximum atomic E-state index is 13.2. The molecule has 0 aromatic heterocycles. The minimum absolute atomic E-state index is 0.150. The maximum absolute atomic E-state index is 13.2. The maximum Gasteiger partial charge on any atom is 0.132 e. The van der Waals surface area contributed by atoms with E-state index in [1.54, 1.807) is 6.92 Å². The van der Waals surface area contributed by atoms with E-state index < -0.39 is 17.7 Å². The van der Waals surface area contributed by atoms with Crippen LogP contribution in [0.25, 0.3) is 0 Å². The minimum atomic E-state index is -1.17. The summed E-state index contributed by atoms with van der Waals surface area (Å²) >= 11 is 0. The molecule has 0 saturated carbocycles. The predicted octanol–water partition coefficient (Wildman–Crippen LogP) is 1.66. The van der Waals surface area contributed by atoms with E-state index in [9.17, 15) is 13.9 Å². The highest BCUT2D eigenvalue weighted by Crippen LogP contribution is 2.23. The molecule has 2 nitrogen and oxygen atoms in total. The molecule has 0 amide bonds. The van der Waals surface area contributed by atoms with Gasteiger partial charge >= 0.3 is 0 Å². The van der Waals surface area contributed by atoms with Crippen LogP contribution in [0.2, 0.25) is 0 Å². The molecular formula is C10H13F2NO. The quantitative estimate of drug-likeness (QED) is 0.781. The van der Waals surface area contributed by atoms with Crippen LogP contribution in [0.3, 0.4) is 0 Å². The van der Waals surface area contributed by atoms with Crippen molar-refractivity contribution in [3.63, 3.8) is 0 Å². The van der Waals surface area contributed by atoms with Gasteiger partial charge in [0.05, 0.1) is 11.7 Å². The number of hydrogen-bond acceptors (Lipinski definition) is 2. The average Bonchev–Trinajstić information content (AvgIpc) is 2.01. The highest BCUT2D eigenvalue weighted by Gasteiger charge is 2.17. The fourth-order valence-electron chi connectivity index (χ4n) is 1.33. The first-order chi connectivity index (χ1) is 6.56. The second-order valence-corrected chi connectivity index (χ2v) is 3.24. The standard InChI is InChI=1S/C10H13F2NO/c1-6-4-7(11)10(8(12)5-6)9(14)2-3-13/h4-5,9,14H,2-3,13H2,1H3/t9-/m1/s1. The number of aliphatic hydroxyl groups is 1. The Morgan fingerprint density at radius 2 is 1.86 bits per heavy atom. The summed E-state index contributed by atoms with van der Waals surface area (Å²) in [6.07, 6.45) is -1.02. The SMILES string of the molecule is Cc1cc(F)c([C@H](O)CCN)c(F)c1. The van der Waals surface area contributed by atoms with Gasteiger partial charge in [-0.2, -0.15) is 0 Å². The molecule has 1 aromatic rings. The van der Waals surface area contributed by atoms with Gasteiger partial charge in [0.1, 0.15) is 11.6 Å². The fraction of sp³-hybridized carbons (Fsp3) is 0.400. The van der Waals surface area contributed by atoms with Crippen molar-refractivity contribution >= 4 is 0 Å². The van der Waals surface area contributed by atoms with Crippen molar-refractivity contribution in [2.75, 3.05) is 6.54 Å². The molecule has 0 unspecified atom stereocenters. The molecule has 1 atom stereocenters. The molecule has 0 heterocycles. The fourth-order valence-corrected chi connectivity index (χ4v) is 1.33. The summed E-state index contributed by atoms with van der Waals surface area (Å²) in [6, 6.07) is 2.39. The van der Waals surface area contributed by atoms with E-state index in [2.05, 4.69) is 0 Å². The van der Waals surface area contributed by atoms with Crippen molar-refractivity contribution in [2.24, 2.45) is 5.73 Å². The lowest BCUT2D eigenvalue weighted by Gasteiger charge is -2.12. The largest absolute Gasteiger partial charge is 0.388 e. The third-order valence-electron chi connectivity index (χ3n) is 2.00. The number of benzene rings is 1. The first kappa shape index (κ1) is 11.1. The Morgan fingerprint density at radius 3 is 2.29 bits per heavy atom. The summed E-state index contributed by atoms with van der Waals surface area (Å²) in [6.45, 7) is 1.78. The van der Waals surface area contributed by atoms with Crippen LogP contribution in [0, 0.1) is 18.6 Å². The highest BCUT2D eigenvalue weighted by molar-refractivity contribution is 5.27. The molecule has 0 radical (unpaired) electrons. The summed E-state index contributed by atoms with van der Waals surface area (Å²) in [5.74, 6) is -1.44. The van der Waals surface area contributed by atoms with Crippen molar-refractivity contribution in [2.45, 2.75) is 19.4 Å². The van der Waals surface area contributed by atoms with Crippen molar-refractivity contribution in [3.8, 4) is 0 Å². The summed E-state index contributed by atoms with van der Waals surface area (Å²) < 4.78 is 26.5. The van der Waals surface area contributed by atoms with Crippen LogP contribution < -0.4 is 5.73 Å². The average molecular weight is 201 g/mol. The van der Waals surface area contributed by atoms with Gasteiger partial charge in [0.2, 0.25) is 0 Å². The van der Waals surface area contributed by atoms with Crippen LogP contribution in [0.15, 0.2) is 12.1 Å². The molecular weight excluding hydrogens is 188 g/mol. The van der Waals surface area contributed by atoms with Crippen LogP contribution in [0.1, 0.15) is 23.7 Å². The van der Waals surface area contributed by atoms with E-state index in [4.69, 9.17) is 5.73 Å². The highest BCUT2D eigenvalue weighted by atomic mass is 19.1. The molecule has 0 aliphatic heterocycles. The predicted molar refractivity (Wildman–Crippen MR) is 49.7 cm³/mol. The van der Waals surface area contributed by atoms with Gasteiger partial charge in [-0.15, -0.1) is 0 Å². The number of halogens is 2. The lowest BCUT2D eigenvalue weighted by atomic mass is 10.0. The second-order valence-electron chi connectivity index (χ2n) is 3.24. The van der Waals surface area contributed by atoms with Crippen LogP contribution in [-0.2, 0) is 0 Å². The number of hydrogen-bond donors (Lipinski definition) is 2. The Bertz CT molecular complexity index is 305. The molecule has 0 aliphatic carbocycles. The van der Waals surface area contributed by atoms with Crippen molar-refractivity contribution < 1.29 is 13.9 Å². The van der Waals surface area contributed by atoms with E-state index in [0.717, 1.165) is 0 Å². The van der Waals surface area contributed by atoms with E-state index in [0.29, 0.717) is 5.56 Å². The molecule has 4 heteroatoms. The minimum Gasteiger partial charge on any atom is -0.388 e. The van der Waals surface area contributed by atoms with Crippen LogP contribution in [0.4, 0.5) is 8.78 Å². The van der Waals surface area contributed by atoms with Crippen molar-refractivity contribution in [1.29, 1.82) is 0 Å². The third-order valence-corrected chi connectivity index (χ3v) is 2.00. The van der Waals surface area contributed by atoms with Gasteiger partial charge in [-0.05, 0) is 37.6 Å². The van der Waals surface area contributed by atoms with Crippen LogP contribution >= 0.6 is 0 Å². The first-order valence-electron chi connectivity index (χ1n) is 4.40. The Labute approximate surface area is 81.4 Å². The normalized spacial score (nSPS) is 12.9. The molecule has 0 spiro atoms. The monoisotopic (exact) mass is 201 g/mol. The van der Waals surface area contributed by atoms with Crippen molar-refractivity contribution in [1.82, 2.24) is 0 Å². The molecule has 0 saturated heterocycles. The topological polar surface area (TPSA) is 46.2 Å². The zero-order valence-corrected chi connectivity index (χ0v) is 7.93. The zero-order valence-electron chi connectivity index (χ0n) is 7.93. The van der Waals surface area contributed by atoms with E-state index in [1.807, 2.05) is 0 Å².